The molecule has 0 saturated heterocycles. The lowest BCUT2D eigenvalue weighted by Crippen LogP contribution is -2.13. The van der Waals surface area contributed by atoms with Crippen LogP contribution in [0, 0.1) is 6.92 Å². The van der Waals surface area contributed by atoms with Crippen LogP contribution in [0.4, 0.5) is 0 Å². The average Bonchev–Trinajstić information content (AvgIpc) is 2.39. The first-order chi connectivity index (χ1) is 9.49. The Morgan fingerprint density at radius 2 is 1.85 bits per heavy atom. The van der Waals surface area contributed by atoms with Gasteiger partial charge in [-0.05, 0) is 49.3 Å². The van der Waals surface area contributed by atoms with Crippen LogP contribution < -0.4 is 5.73 Å². The number of nitrogens with zero attached hydrogens (tertiary/aromatic N) is 1. The van der Waals surface area contributed by atoms with Gasteiger partial charge in [0.1, 0.15) is 0 Å². The van der Waals surface area contributed by atoms with Crippen LogP contribution in [0.1, 0.15) is 21.5 Å². The second-order valence-corrected chi connectivity index (χ2v) is 5.29. The summed E-state index contributed by atoms with van der Waals surface area (Å²) in [5.41, 5.74) is 10.3. The van der Waals surface area contributed by atoms with Gasteiger partial charge in [0.2, 0.25) is 5.91 Å². The van der Waals surface area contributed by atoms with Crippen molar-refractivity contribution in [2.45, 2.75) is 13.5 Å². The van der Waals surface area contributed by atoms with Gasteiger partial charge in [-0.3, -0.25) is 4.79 Å². The van der Waals surface area contributed by atoms with Crippen LogP contribution in [0.2, 0.25) is 0 Å². The number of amides is 1. The van der Waals surface area contributed by atoms with Gasteiger partial charge >= 0.3 is 0 Å². The largest absolute Gasteiger partial charge is 0.366 e. The van der Waals surface area contributed by atoms with E-state index in [4.69, 9.17) is 5.73 Å². The Bertz CT molecular complexity index is 633. The molecular formula is C17H20N2O. The van der Waals surface area contributed by atoms with Gasteiger partial charge in [0, 0.05) is 12.1 Å². The number of nitrogens with two attached hydrogens (primary N) is 1. The van der Waals surface area contributed by atoms with Gasteiger partial charge in [0.15, 0.2) is 0 Å². The molecule has 104 valence electrons. The molecule has 2 rings (SSSR count). The van der Waals surface area contributed by atoms with Gasteiger partial charge in [-0.2, -0.15) is 0 Å². The van der Waals surface area contributed by atoms with E-state index >= 15 is 0 Å². The van der Waals surface area contributed by atoms with Crippen LogP contribution in [0.5, 0.6) is 0 Å². The normalized spacial score (nSPS) is 10.8. The van der Waals surface area contributed by atoms with E-state index in [0.717, 1.165) is 23.2 Å². The maximum Gasteiger partial charge on any atom is 0.248 e. The molecule has 2 N–H and O–H groups in total. The molecule has 0 bridgehead atoms. The topological polar surface area (TPSA) is 46.3 Å². The fourth-order valence-corrected chi connectivity index (χ4v) is 2.34. The van der Waals surface area contributed by atoms with Crippen LogP contribution in [-0.2, 0) is 6.54 Å². The van der Waals surface area contributed by atoms with Crippen molar-refractivity contribution in [2.75, 3.05) is 14.1 Å². The molecule has 0 aliphatic carbocycles. The van der Waals surface area contributed by atoms with E-state index < -0.39 is 0 Å². The molecule has 2 aromatic rings. The van der Waals surface area contributed by atoms with Gasteiger partial charge in [-0.15, -0.1) is 0 Å². The van der Waals surface area contributed by atoms with E-state index in [-0.39, 0.29) is 5.91 Å². The highest BCUT2D eigenvalue weighted by molar-refractivity contribution is 5.95. The van der Waals surface area contributed by atoms with Gasteiger partial charge < -0.3 is 10.6 Å². The molecule has 1 amide bonds. The molecule has 0 atom stereocenters. The number of hydrogen-bond acceptors (Lipinski definition) is 2. The standard InChI is InChI=1S/C17H20N2O/c1-12-8-9-13(10-16(12)17(18)20)15-7-5-4-6-14(15)11-19(2)3/h4-10H,11H2,1-3H3,(H2,18,20). The second-order valence-electron chi connectivity index (χ2n) is 5.29. The molecule has 0 radical (unpaired) electrons. The minimum Gasteiger partial charge on any atom is -0.366 e. The number of aryl methyl sites for hydroxylation is 1. The zero-order valence-corrected chi connectivity index (χ0v) is 12.2. The molecule has 0 saturated carbocycles. The van der Waals surface area contributed by atoms with Crippen molar-refractivity contribution in [1.29, 1.82) is 0 Å². The van der Waals surface area contributed by atoms with E-state index in [2.05, 4.69) is 17.0 Å². The summed E-state index contributed by atoms with van der Waals surface area (Å²) in [6, 6.07) is 14.1. The summed E-state index contributed by atoms with van der Waals surface area (Å²) in [6.07, 6.45) is 0. The summed E-state index contributed by atoms with van der Waals surface area (Å²) in [7, 11) is 4.08. The van der Waals surface area contributed by atoms with Gasteiger partial charge in [-0.25, -0.2) is 0 Å². The van der Waals surface area contributed by atoms with E-state index in [1.165, 1.54) is 5.56 Å². The van der Waals surface area contributed by atoms with Crippen LogP contribution in [0.3, 0.4) is 0 Å². The van der Waals surface area contributed by atoms with Crippen molar-refractivity contribution in [3.63, 3.8) is 0 Å². The van der Waals surface area contributed by atoms with Crippen molar-refractivity contribution in [1.82, 2.24) is 4.90 Å². The van der Waals surface area contributed by atoms with E-state index in [1.54, 1.807) is 0 Å². The van der Waals surface area contributed by atoms with E-state index in [9.17, 15) is 4.79 Å². The third kappa shape index (κ3) is 3.06. The van der Waals surface area contributed by atoms with Crippen LogP contribution >= 0.6 is 0 Å². The summed E-state index contributed by atoms with van der Waals surface area (Å²) < 4.78 is 0. The number of carbonyl (C=O) groups excluding carboxylic acids is 1. The predicted octanol–water partition coefficient (Wildman–Crippen LogP) is 2.82. The van der Waals surface area contributed by atoms with Gasteiger partial charge in [0.25, 0.3) is 0 Å². The lowest BCUT2D eigenvalue weighted by Gasteiger charge is -2.15. The number of primary amides is 1. The van der Waals surface area contributed by atoms with Gasteiger partial charge in [-0.1, -0.05) is 36.4 Å². The SMILES string of the molecule is Cc1ccc(-c2ccccc2CN(C)C)cc1C(N)=O. The van der Waals surface area contributed by atoms with E-state index in [0.29, 0.717) is 5.56 Å². The van der Waals surface area contributed by atoms with Crippen LogP contribution in [-0.4, -0.2) is 24.9 Å². The lowest BCUT2D eigenvalue weighted by molar-refractivity contribution is 0.1000. The molecule has 2 aromatic carbocycles. The van der Waals surface area contributed by atoms with Crippen LogP contribution in [0.25, 0.3) is 11.1 Å². The molecule has 3 nitrogen and oxygen atoms in total. The minimum atomic E-state index is -0.380. The summed E-state index contributed by atoms with van der Waals surface area (Å²) in [5.74, 6) is -0.380. The lowest BCUT2D eigenvalue weighted by atomic mass is 9.95. The van der Waals surface area contributed by atoms with Crippen molar-refractivity contribution in [2.24, 2.45) is 5.73 Å². The molecule has 0 aliphatic rings. The Labute approximate surface area is 120 Å². The second kappa shape index (κ2) is 5.88. The number of carbonyl (C=O) groups is 1. The first-order valence-corrected chi connectivity index (χ1v) is 6.62. The monoisotopic (exact) mass is 268 g/mol. The van der Waals surface area contributed by atoms with Crippen molar-refractivity contribution in [3.8, 4) is 11.1 Å². The summed E-state index contributed by atoms with van der Waals surface area (Å²) in [4.78, 5) is 13.6. The Balaban J connectivity index is 2.51. The third-order valence-corrected chi connectivity index (χ3v) is 3.32. The van der Waals surface area contributed by atoms with Gasteiger partial charge in [0.05, 0.1) is 0 Å². The molecule has 0 spiro atoms. The predicted molar refractivity (Wildman–Crippen MR) is 82.5 cm³/mol. The molecule has 0 unspecified atom stereocenters. The van der Waals surface area contributed by atoms with Crippen molar-refractivity contribution >= 4 is 5.91 Å². The minimum absolute atomic E-state index is 0.380. The maximum absolute atomic E-state index is 11.5. The Kier molecular flexibility index (Phi) is 4.20. The fraction of sp³-hybridized carbons (Fsp3) is 0.235. The number of rotatable bonds is 4. The summed E-state index contributed by atoms with van der Waals surface area (Å²) in [6.45, 7) is 2.76. The first-order valence-electron chi connectivity index (χ1n) is 6.62. The van der Waals surface area contributed by atoms with E-state index in [1.807, 2.05) is 51.4 Å². The molecule has 0 heterocycles. The summed E-state index contributed by atoms with van der Waals surface area (Å²) in [5, 5.41) is 0. The fourth-order valence-electron chi connectivity index (χ4n) is 2.34. The maximum atomic E-state index is 11.5. The Morgan fingerprint density at radius 3 is 2.50 bits per heavy atom. The zero-order chi connectivity index (χ0) is 14.7. The first kappa shape index (κ1) is 14.3. The molecule has 20 heavy (non-hydrogen) atoms. The quantitative estimate of drug-likeness (QED) is 0.926. The molecule has 0 fully saturated rings. The Hall–Kier alpha value is -2.13. The molecule has 3 heteroatoms. The highest BCUT2D eigenvalue weighted by Gasteiger charge is 2.10. The zero-order valence-electron chi connectivity index (χ0n) is 12.2. The Morgan fingerprint density at radius 1 is 1.15 bits per heavy atom. The molecule has 0 aromatic heterocycles. The van der Waals surface area contributed by atoms with Crippen molar-refractivity contribution in [3.05, 3.63) is 59.2 Å². The number of benzene rings is 2. The number of hydrogen-bond donors (Lipinski definition) is 1. The summed E-state index contributed by atoms with van der Waals surface area (Å²) >= 11 is 0. The smallest absolute Gasteiger partial charge is 0.248 e. The van der Waals surface area contributed by atoms with Crippen LogP contribution in [0.15, 0.2) is 42.5 Å². The average molecular weight is 268 g/mol. The highest BCUT2D eigenvalue weighted by atomic mass is 16.1. The molecule has 0 aliphatic heterocycles. The van der Waals surface area contributed by atoms with Crippen molar-refractivity contribution < 1.29 is 4.79 Å². The molecular weight excluding hydrogens is 248 g/mol. The highest BCUT2D eigenvalue weighted by Crippen LogP contribution is 2.26. The third-order valence-electron chi connectivity index (χ3n) is 3.32.